The lowest BCUT2D eigenvalue weighted by molar-refractivity contribution is 0.00939. The van der Waals surface area contributed by atoms with E-state index in [9.17, 15) is 0 Å². The van der Waals surface area contributed by atoms with Crippen LogP contribution in [0, 0.1) is 47.3 Å². The Morgan fingerprint density at radius 1 is 0.952 bits per heavy atom. The molecular weight excluding hydrogens is 303 g/mol. The highest BCUT2D eigenvalue weighted by Crippen LogP contribution is 2.82. The predicted octanol–water partition coefficient (Wildman–Crippen LogP) is 3.16. The van der Waals surface area contributed by atoms with Crippen LogP contribution in [0.25, 0.3) is 0 Å². The van der Waals surface area contributed by atoms with Gasteiger partial charge in [0.2, 0.25) is 0 Å². The van der Waals surface area contributed by atoms with E-state index in [0.717, 1.165) is 54.0 Å². The lowest BCUT2D eigenvalue weighted by Gasteiger charge is -2.48. The number of hydrogen-bond acceptors (Lipinski definition) is 2. The third-order valence-electron chi connectivity index (χ3n) is 7.59. The summed E-state index contributed by atoms with van der Waals surface area (Å²) in [6.07, 6.45) is 7.08. The molecule has 1 aromatic rings. The van der Waals surface area contributed by atoms with Crippen molar-refractivity contribution in [1.82, 2.24) is 10.3 Å². The molecule has 0 spiro atoms. The number of halogens is 2. The maximum atomic E-state index is 4.23. The van der Waals surface area contributed by atoms with Crippen molar-refractivity contribution in [1.29, 1.82) is 0 Å². The second-order valence-electron chi connectivity index (χ2n) is 7.70. The van der Waals surface area contributed by atoms with Crippen molar-refractivity contribution >= 4 is 24.8 Å². The molecular formula is C17H22Cl2N2. The van der Waals surface area contributed by atoms with Crippen LogP contribution in [0.15, 0.2) is 24.5 Å². The summed E-state index contributed by atoms with van der Waals surface area (Å²) in [6, 6.07) is 5.10. The molecule has 2 bridgehead atoms. The first-order chi connectivity index (χ1) is 9.43. The molecule has 6 rings (SSSR count). The third kappa shape index (κ3) is 1.47. The SMILES string of the molecule is Cl.Cl.c1cncc(CN[C@H]2[C@@H]3[C@H]4C[C@H]5[C@@H]3C[C@@H]3[C@@H]5[C@H]4[C@H]32)c1. The van der Waals surface area contributed by atoms with Crippen LogP contribution in [-0.4, -0.2) is 11.0 Å². The van der Waals surface area contributed by atoms with Crippen molar-refractivity contribution < 1.29 is 0 Å². The third-order valence-corrected chi connectivity index (χ3v) is 7.59. The van der Waals surface area contributed by atoms with E-state index in [0.29, 0.717) is 0 Å². The largest absolute Gasteiger partial charge is 0.309 e. The molecule has 5 aliphatic carbocycles. The van der Waals surface area contributed by atoms with Gasteiger partial charge >= 0.3 is 0 Å². The van der Waals surface area contributed by atoms with E-state index in [-0.39, 0.29) is 24.8 Å². The Hall–Kier alpha value is -0.310. The molecule has 1 heterocycles. The minimum atomic E-state index is 0. The molecule has 5 fully saturated rings. The highest BCUT2D eigenvalue weighted by Gasteiger charge is 2.80. The topological polar surface area (TPSA) is 24.9 Å². The van der Waals surface area contributed by atoms with Crippen LogP contribution in [0.5, 0.6) is 0 Å². The Morgan fingerprint density at radius 2 is 1.71 bits per heavy atom. The maximum absolute atomic E-state index is 4.23. The van der Waals surface area contributed by atoms with Crippen molar-refractivity contribution in [2.75, 3.05) is 0 Å². The van der Waals surface area contributed by atoms with Crippen LogP contribution < -0.4 is 5.32 Å². The Balaban J connectivity index is 0.000000576. The van der Waals surface area contributed by atoms with Gasteiger partial charge in [0, 0.05) is 25.0 Å². The van der Waals surface area contributed by atoms with Crippen LogP contribution in [0.4, 0.5) is 0 Å². The number of hydrogen-bond donors (Lipinski definition) is 1. The fourth-order valence-corrected chi connectivity index (χ4v) is 7.48. The van der Waals surface area contributed by atoms with Gasteiger partial charge in [0.1, 0.15) is 0 Å². The van der Waals surface area contributed by atoms with E-state index >= 15 is 0 Å². The van der Waals surface area contributed by atoms with Gasteiger partial charge in [-0.2, -0.15) is 0 Å². The molecule has 5 aliphatic rings. The van der Waals surface area contributed by atoms with Crippen LogP contribution in [0.2, 0.25) is 0 Å². The van der Waals surface area contributed by atoms with Gasteiger partial charge in [-0.3, -0.25) is 4.98 Å². The molecule has 0 radical (unpaired) electrons. The van der Waals surface area contributed by atoms with Gasteiger partial charge in [0.15, 0.2) is 0 Å². The molecule has 5 saturated carbocycles. The van der Waals surface area contributed by atoms with Gasteiger partial charge in [0.05, 0.1) is 0 Å². The zero-order valence-corrected chi connectivity index (χ0v) is 13.5. The van der Waals surface area contributed by atoms with Gasteiger partial charge in [-0.05, 0) is 71.8 Å². The maximum Gasteiger partial charge on any atom is 0.0312 e. The van der Waals surface area contributed by atoms with E-state index in [1.807, 2.05) is 12.4 Å². The summed E-state index contributed by atoms with van der Waals surface area (Å²) in [6.45, 7) is 1.03. The summed E-state index contributed by atoms with van der Waals surface area (Å²) in [5.74, 6) is 8.94. The molecule has 1 aromatic heterocycles. The van der Waals surface area contributed by atoms with Crippen LogP contribution in [0.1, 0.15) is 18.4 Å². The van der Waals surface area contributed by atoms with E-state index in [2.05, 4.69) is 22.4 Å². The van der Waals surface area contributed by atoms with Crippen molar-refractivity contribution in [2.45, 2.75) is 25.4 Å². The molecule has 0 unspecified atom stereocenters. The number of fused-ring (bicyclic) bond motifs is 2. The Bertz CT molecular complexity index is 545. The molecule has 0 amide bonds. The van der Waals surface area contributed by atoms with E-state index in [4.69, 9.17) is 0 Å². The Labute approximate surface area is 138 Å². The van der Waals surface area contributed by atoms with Gasteiger partial charge in [-0.15, -0.1) is 24.8 Å². The molecule has 2 nitrogen and oxygen atoms in total. The Kier molecular flexibility index (Phi) is 3.13. The normalized spacial score (nSPS) is 52.5. The van der Waals surface area contributed by atoms with Gasteiger partial charge in [0.25, 0.3) is 0 Å². The lowest BCUT2D eigenvalue weighted by atomic mass is 9.59. The minimum absolute atomic E-state index is 0. The highest BCUT2D eigenvalue weighted by atomic mass is 35.5. The zero-order chi connectivity index (χ0) is 12.1. The van der Waals surface area contributed by atoms with Gasteiger partial charge in [-0.25, -0.2) is 0 Å². The molecule has 0 aliphatic heterocycles. The summed E-state index contributed by atoms with van der Waals surface area (Å²) in [5, 5.41) is 3.93. The summed E-state index contributed by atoms with van der Waals surface area (Å²) < 4.78 is 0. The predicted molar refractivity (Wildman–Crippen MR) is 86.5 cm³/mol. The highest BCUT2D eigenvalue weighted by molar-refractivity contribution is 5.85. The fraction of sp³-hybridized carbons (Fsp3) is 0.706. The van der Waals surface area contributed by atoms with Crippen LogP contribution in [-0.2, 0) is 6.54 Å². The summed E-state index contributed by atoms with van der Waals surface area (Å²) in [5.41, 5.74) is 1.35. The zero-order valence-electron chi connectivity index (χ0n) is 11.9. The van der Waals surface area contributed by atoms with E-state index in [1.165, 1.54) is 11.5 Å². The van der Waals surface area contributed by atoms with E-state index < -0.39 is 0 Å². The van der Waals surface area contributed by atoms with Gasteiger partial charge in [-0.1, -0.05) is 6.07 Å². The lowest BCUT2D eigenvalue weighted by Crippen LogP contribution is -2.51. The summed E-state index contributed by atoms with van der Waals surface area (Å²) in [7, 11) is 0. The fourth-order valence-electron chi connectivity index (χ4n) is 7.48. The number of rotatable bonds is 3. The molecule has 9 atom stereocenters. The second kappa shape index (κ2) is 4.59. The van der Waals surface area contributed by atoms with Crippen LogP contribution >= 0.6 is 24.8 Å². The van der Waals surface area contributed by atoms with Crippen LogP contribution in [0.3, 0.4) is 0 Å². The molecule has 0 aromatic carbocycles. The standard InChI is InChI=1S/C17H20N2.2ClH/c1-2-8(6-18-3-1)7-19-17-14-10-5-11-13-9(10)4-12(14)15(13)16(11)17;;/h1-3,6,9-17,19H,4-5,7H2;2*1H/t9-,10-,11+,12+,13+,14-,15-,16-,17-;;/m0../s1. The van der Waals surface area contributed by atoms with Gasteiger partial charge < -0.3 is 5.32 Å². The minimum Gasteiger partial charge on any atom is -0.309 e. The number of pyridine rings is 1. The molecule has 21 heavy (non-hydrogen) atoms. The monoisotopic (exact) mass is 324 g/mol. The second-order valence-corrected chi connectivity index (χ2v) is 7.70. The van der Waals surface area contributed by atoms with Crippen molar-refractivity contribution in [3.8, 4) is 0 Å². The van der Waals surface area contributed by atoms with Crippen molar-refractivity contribution in [3.63, 3.8) is 0 Å². The summed E-state index contributed by atoms with van der Waals surface area (Å²) >= 11 is 0. The molecule has 114 valence electrons. The van der Waals surface area contributed by atoms with Crippen molar-refractivity contribution in [2.24, 2.45) is 47.3 Å². The number of aromatic nitrogens is 1. The smallest absolute Gasteiger partial charge is 0.0312 e. The average molecular weight is 325 g/mol. The number of nitrogens with one attached hydrogen (secondary N) is 1. The number of nitrogens with zero attached hydrogens (tertiary/aromatic N) is 1. The molecule has 4 heteroatoms. The first-order valence-corrected chi connectivity index (χ1v) is 8.06. The quantitative estimate of drug-likeness (QED) is 0.923. The van der Waals surface area contributed by atoms with Crippen molar-refractivity contribution in [3.05, 3.63) is 30.1 Å². The first-order valence-electron chi connectivity index (χ1n) is 8.06. The molecule has 1 N–H and O–H groups in total. The molecule has 0 saturated heterocycles. The van der Waals surface area contributed by atoms with E-state index in [1.54, 1.807) is 12.8 Å². The first kappa shape index (κ1) is 14.3. The average Bonchev–Trinajstić information content (AvgIpc) is 2.96. The Morgan fingerprint density at radius 3 is 2.48 bits per heavy atom. The summed E-state index contributed by atoms with van der Waals surface area (Å²) in [4.78, 5) is 4.23.